The van der Waals surface area contributed by atoms with E-state index in [-0.39, 0.29) is 28.5 Å². The monoisotopic (exact) mass is 465 g/mol. The zero-order valence-electron chi connectivity index (χ0n) is 21.2. The third kappa shape index (κ3) is 5.03. The maximum absolute atomic E-state index is 13.5. The molecular weight excluding hydrogens is 430 g/mol. The molecule has 3 rings (SSSR count). The van der Waals surface area contributed by atoms with Crippen molar-refractivity contribution in [2.75, 3.05) is 12.4 Å². The number of hydrogen-bond donors (Lipinski definition) is 4. The molecule has 4 N–H and O–H groups in total. The first-order valence-corrected chi connectivity index (χ1v) is 11.3. The minimum Gasteiger partial charge on any atom is -0.507 e. The third-order valence-corrected chi connectivity index (χ3v) is 5.95. The summed E-state index contributed by atoms with van der Waals surface area (Å²) < 4.78 is 5.36. The van der Waals surface area contributed by atoms with Gasteiger partial charge in [-0.25, -0.2) is 4.79 Å². The van der Waals surface area contributed by atoms with Crippen LogP contribution in [0.5, 0.6) is 11.5 Å². The molecule has 0 unspecified atom stereocenters. The van der Waals surface area contributed by atoms with E-state index < -0.39 is 6.04 Å². The lowest BCUT2D eigenvalue weighted by Crippen LogP contribution is -2.46. The second kappa shape index (κ2) is 9.05. The van der Waals surface area contributed by atoms with E-state index in [0.717, 1.165) is 16.7 Å². The molecule has 3 amide bonds. The van der Waals surface area contributed by atoms with Crippen LogP contribution >= 0.6 is 0 Å². The van der Waals surface area contributed by atoms with E-state index in [2.05, 4.69) is 16.0 Å². The normalized spacial score (nSPS) is 16.6. The fourth-order valence-electron chi connectivity index (χ4n) is 4.15. The molecule has 0 radical (unpaired) electrons. The van der Waals surface area contributed by atoms with Crippen molar-refractivity contribution in [2.45, 2.75) is 65.3 Å². The predicted molar refractivity (Wildman–Crippen MR) is 134 cm³/mol. The molecule has 0 aliphatic carbocycles. The van der Waals surface area contributed by atoms with E-state index in [9.17, 15) is 14.7 Å². The summed E-state index contributed by atoms with van der Waals surface area (Å²) in [5, 5.41) is 19.6. The third-order valence-electron chi connectivity index (χ3n) is 5.95. The van der Waals surface area contributed by atoms with Gasteiger partial charge in [0.25, 0.3) is 5.91 Å². The largest absolute Gasteiger partial charge is 0.507 e. The zero-order chi connectivity index (χ0) is 25.4. The number of nitrogens with one attached hydrogen (secondary N) is 3. The van der Waals surface area contributed by atoms with Gasteiger partial charge < -0.3 is 25.8 Å². The van der Waals surface area contributed by atoms with Gasteiger partial charge in [0.05, 0.1) is 24.4 Å². The summed E-state index contributed by atoms with van der Waals surface area (Å²) in [6, 6.07) is 9.82. The van der Waals surface area contributed by atoms with Crippen molar-refractivity contribution in [1.29, 1.82) is 0 Å². The quantitative estimate of drug-likeness (QED) is 0.495. The Morgan fingerprint density at radius 1 is 1.03 bits per heavy atom. The maximum Gasteiger partial charge on any atom is 0.319 e. The summed E-state index contributed by atoms with van der Waals surface area (Å²) >= 11 is 0. The number of phenolic OH excluding ortho intramolecular Hbond substituents is 1. The predicted octanol–water partition coefficient (Wildman–Crippen LogP) is 5.26. The Morgan fingerprint density at radius 3 is 2.12 bits per heavy atom. The van der Waals surface area contributed by atoms with Crippen LogP contribution < -0.4 is 20.7 Å². The van der Waals surface area contributed by atoms with Crippen LogP contribution in [0.4, 0.5) is 10.5 Å². The maximum atomic E-state index is 13.5. The van der Waals surface area contributed by atoms with E-state index in [4.69, 9.17) is 4.74 Å². The van der Waals surface area contributed by atoms with Gasteiger partial charge in [-0.1, -0.05) is 53.7 Å². The number of carbonyl (C=O) groups excluding carboxylic acids is 2. The first-order chi connectivity index (χ1) is 15.7. The van der Waals surface area contributed by atoms with E-state index in [0.29, 0.717) is 22.7 Å². The number of rotatable bonds is 4. The Morgan fingerprint density at radius 2 is 1.59 bits per heavy atom. The smallest absolute Gasteiger partial charge is 0.319 e. The summed E-state index contributed by atoms with van der Waals surface area (Å²) in [4.78, 5) is 26.0. The first kappa shape index (κ1) is 25.1. The van der Waals surface area contributed by atoms with Crippen molar-refractivity contribution in [1.82, 2.24) is 10.6 Å². The zero-order valence-corrected chi connectivity index (χ0v) is 21.2. The summed E-state index contributed by atoms with van der Waals surface area (Å²) in [6.45, 7) is 13.8. The van der Waals surface area contributed by atoms with Gasteiger partial charge in [0.2, 0.25) is 0 Å². The Labute approximate surface area is 201 Å². The van der Waals surface area contributed by atoms with Gasteiger partial charge in [-0.2, -0.15) is 0 Å². The lowest BCUT2D eigenvalue weighted by Gasteiger charge is -2.33. The fraction of sp³-hybridized carbons (Fsp3) is 0.407. The Kier molecular flexibility index (Phi) is 6.69. The highest BCUT2D eigenvalue weighted by molar-refractivity contribution is 6.07. The molecule has 1 aliphatic heterocycles. The molecule has 2 aromatic rings. The molecular formula is C27H35N3O4. The molecule has 0 aromatic heterocycles. The molecule has 2 aromatic carbocycles. The first-order valence-electron chi connectivity index (χ1n) is 11.3. The SMILES string of the molecule is COc1ccccc1NC(=O)C1=C(C)NC(=O)N[C@H]1c1cc(C(C)(C)C)c(O)c(C(C)(C)C)c1. The number of phenols is 1. The Balaban J connectivity index is 2.16. The molecule has 182 valence electrons. The number of benzene rings is 2. The van der Waals surface area contributed by atoms with Crippen molar-refractivity contribution in [3.05, 3.63) is 64.4 Å². The van der Waals surface area contributed by atoms with Gasteiger partial charge in [0.1, 0.15) is 11.5 Å². The molecule has 0 spiro atoms. The molecule has 0 bridgehead atoms. The summed E-state index contributed by atoms with van der Waals surface area (Å²) in [5.74, 6) is 0.417. The standard InChI is InChI=1S/C27H35N3O4/c1-15-21(24(32)29-19-11-9-10-12-20(19)34-8)22(30-25(33)28-15)16-13-17(26(2,3)4)23(31)18(14-16)27(5,6)7/h9-14,22,31H,1-8H3,(H,29,32)(H2,28,30,33)/t22-/m0/s1. The lowest BCUT2D eigenvalue weighted by atomic mass is 9.77. The van der Waals surface area contributed by atoms with Crippen molar-refractivity contribution in [3.63, 3.8) is 0 Å². The fourth-order valence-corrected chi connectivity index (χ4v) is 4.15. The number of hydrogen-bond acceptors (Lipinski definition) is 4. The topological polar surface area (TPSA) is 99.7 Å². The molecule has 7 heteroatoms. The number of ether oxygens (including phenoxy) is 1. The average Bonchev–Trinajstić information content (AvgIpc) is 2.71. The van der Waals surface area contributed by atoms with Crippen LogP contribution in [0.25, 0.3) is 0 Å². The molecule has 0 saturated carbocycles. The summed E-state index contributed by atoms with van der Waals surface area (Å²) in [6.07, 6.45) is 0. The lowest BCUT2D eigenvalue weighted by molar-refractivity contribution is -0.113. The molecule has 1 atom stereocenters. The van der Waals surface area contributed by atoms with E-state index >= 15 is 0 Å². The molecule has 34 heavy (non-hydrogen) atoms. The van der Waals surface area contributed by atoms with Crippen LogP contribution in [0.2, 0.25) is 0 Å². The van der Waals surface area contributed by atoms with E-state index in [1.165, 1.54) is 0 Å². The van der Waals surface area contributed by atoms with Gasteiger partial charge in [-0.05, 0) is 58.7 Å². The van der Waals surface area contributed by atoms with Crippen molar-refractivity contribution in [2.24, 2.45) is 0 Å². The number of urea groups is 1. The Bertz CT molecular complexity index is 1120. The minimum atomic E-state index is -0.703. The molecule has 1 heterocycles. The average molecular weight is 466 g/mol. The molecule has 0 fully saturated rings. The highest BCUT2D eigenvalue weighted by Crippen LogP contribution is 2.42. The van der Waals surface area contributed by atoms with Gasteiger partial charge in [-0.3, -0.25) is 4.79 Å². The number of methoxy groups -OCH3 is 1. The Hall–Kier alpha value is -3.48. The van der Waals surface area contributed by atoms with E-state index in [1.54, 1.807) is 26.2 Å². The van der Waals surface area contributed by atoms with Crippen LogP contribution in [0.3, 0.4) is 0 Å². The highest BCUT2D eigenvalue weighted by Gasteiger charge is 2.34. The molecule has 0 saturated heterocycles. The van der Waals surface area contributed by atoms with Crippen LogP contribution in [0.1, 0.15) is 71.2 Å². The van der Waals surface area contributed by atoms with Gasteiger partial charge in [0.15, 0.2) is 0 Å². The molecule has 1 aliphatic rings. The van der Waals surface area contributed by atoms with Gasteiger partial charge in [0, 0.05) is 5.70 Å². The van der Waals surface area contributed by atoms with Crippen molar-refractivity contribution in [3.8, 4) is 11.5 Å². The van der Waals surface area contributed by atoms with Crippen LogP contribution in [0, 0.1) is 0 Å². The number of amides is 3. The summed E-state index contributed by atoms with van der Waals surface area (Å²) in [7, 11) is 1.54. The van der Waals surface area contributed by atoms with Gasteiger partial charge in [-0.15, -0.1) is 0 Å². The highest BCUT2D eigenvalue weighted by atomic mass is 16.5. The number of aromatic hydroxyl groups is 1. The number of carbonyl (C=O) groups is 2. The van der Waals surface area contributed by atoms with Gasteiger partial charge >= 0.3 is 6.03 Å². The van der Waals surface area contributed by atoms with Crippen LogP contribution in [-0.4, -0.2) is 24.2 Å². The molecule has 7 nitrogen and oxygen atoms in total. The van der Waals surface area contributed by atoms with Crippen molar-refractivity contribution < 1.29 is 19.4 Å². The van der Waals surface area contributed by atoms with Crippen LogP contribution in [0.15, 0.2) is 47.7 Å². The number of anilines is 1. The van der Waals surface area contributed by atoms with Crippen molar-refractivity contribution >= 4 is 17.6 Å². The second-order valence-electron chi connectivity index (χ2n) is 10.7. The summed E-state index contributed by atoms with van der Waals surface area (Å²) in [5.41, 5.74) is 2.91. The van der Waals surface area contributed by atoms with E-state index in [1.807, 2.05) is 65.8 Å². The van der Waals surface area contributed by atoms with Crippen LogP contribution in [-0.2, 0) is 15.6 Å². The second-order valence-corrected chi connectivity index (χ2v) is 10.7. The minimum absolute atomic E-state index is 0.240. The number of allylic oxidation sites excluding steroid dienone is 1. The number of para-hydroxylation sites is 2.